The number of likely N-dealkylation sites (N-methyl/N-ethyl adjacent to an activating group) is 1. The molecule has 1 aliphatic heterocycles. The second kappa shape index (κ2) is 8.32. The summed E-state index contributed by atoms with van der Waals surface area (Å²) < 4.78 is 6.19. The lowest BCUT2D eigenvalue weighted by atomic mass is 10.1. The maximum absolute atomic E-state index is 11.3. The Bertz CT molecular complexity index is 688. The quantitative estimate of drug-likeness (QED) is 0.726. The second-order valence-corrected chi connectivity index (χ2v) is 6.81. The molecule has 0 aliphatic carbocycles. The third kappa shape index (κ3) is 5.18. The van der Waals surface area contributed by atoms with E-state index in [-0.39, 0.29) is 18.0 Å². The Morgan fingerprint density at radius 1 is 1.24 bits per heavy atom. The van der Waals surface area contributed by atoms with Crippen LogP contribution in [-0.2, 0) is 17.7 Å². The SMILES string of the molecule is CC(=O)c1ccc(C[C@@H]2CC[C@H](CN(C)Cc3cccnc3)O2)nc1. The smallest absolute Gasteiger partial charge is 0.161 e. The first-order valence-corrected chi connectivity index (χ1v) is 8.79. The molecule has 0 saturated carbocycles. The summed E-state index contributed by atoms with van der Waals surface area (Å²) >= 11 is 0. The van der Waals surface area contributed by atoms with E-state index in [1.165, 1.54) is 5.56 Å². The summed E-state index contributed by atoms with van der Waals surface area (Å²) in [5, 5.41) is 0. The highest BCUT2D eigenvalue weighted by molar-refractivity contribution is 5.93. The zero-order valence-corrected chi connectivity index (χ0v) is 14.9. The van der Waals surface area contributed by atoms with Gasteiger partial charge >= 0.3 is 0 Å². The molecule has 0 amide bonds. The summed E-state index contributed by atoms with van der Waals surface area (Å²) in [6, 6.07) is 7.84. The van der Waals surface area contributed by atoms with Crippen LogP contribution >= 0.6 is 0 Å². The summed E-state index contributed by atoms with van der Waals surface area (Å²) in [5.41, 5.74) is 2.86. The lowest BCUT2D eigenvalue weighted by Gasteiger charge is -2.21. The van der Waals surface area contributed by atoms with E-state index in [2.05, 4.69) is 28.0 Å². The molecule has 2 aromatic heterocycles. The Kier molecular flexibility index (Phi) is 5.89. The van der Waals surface area contributed by atoms with Crippen molar-refractivity contribution in [2.45, 2.75) is 44.9 Å². The van der Waals surface area contributed by atoms with Crippen molar-refractivity contribution in [1.82, 2.24) is 14.9 Å². The van der Waals surface area contributed by atoms with Crippen LogP contribution in [0.1, 0.15) is 41.4 Å². The molecule has 0 unspecified atom stereocenters. The highest BCUT2D eigenvalue weighted by Gasteiger charge is 2.26. The zero-order chi connectivity index (χ0) is 17.6. The van der Waals surface area contributed by atoms with Gasteiger partial charge in [0.25, 0.3) is 0 Å². The minimum atomic E-state index is 0.0490. The minimum absolute atomic E-state index is 0.0490. The van der Waals surface area contributed by atoms with Gasteiger partial charge in [-0.1, -0.05) is 6.07 Å². The van der Waals surface area contributed by atoms with Crippen molar-refractivity contribution in [2.75, 3.05) is 13.6 Å². The number of nitrogens with zero attached hydrogens (tertiary/aromatic N) is 3. The van der Waals surface area contributed by atoms with E-state index in [9.17, 15) is 4.79 Å². The first-order valence-electron chi connectivity index (χ1n) is 8.79. The van der Waals surface area contributed by atoms with Gasteiger partial charge in [-0.15, -0.1) is 0 Å². The van der Waals surface area contributed by atoms with Crippen molar-refractivity contribution in [3.05, 3.63) is 59.7 Å². The zero-order valence-electron chi connectivity index (χ0n) is 14.9. The summed E-state index contributed by atoms with van der Waals surface area (Å²) in [7, 11) is 2.12. The Morgan fingerprint density at radius 3 is 2.76 bits per heavy atom. The van der Waals surface area contributed by atoms with Gasteiger partial charge in [0.05, 0.1) is 12.2 Å². The topological polar surface area (TPSA) is 55.3 Å². The number of carbonyl (C=O) groups excluding carboxylic acids is 1. The molecule has 0 N–H and O–H groups in total. The molecule has 1 saturated heterocycles. The van der Waals surface area contributed by atoms with Crippen LogP contribution in [0.15, 0.2) is 42.9 Å². The van der Waals surface area contributed by atoms with Crippen molar-refractivity contribution < 1.29 is 9.53 Å². The minimum Gasteiger partial charge on any atom is -0.373 e. The van der Waals surface area contributed by atoms with E-state index in [0.717, 1.165) is 38.0 Å². The maximum atomic E-state index is 11.3. The number of ketones is 1. The molecule has 3 rings (SSSR count). The lowest BCUT2D eigenvalue weighted by molar-refractivity contribution is 0.0263. The standard InChI is InChI=1S/C20H25N3O2/c1-15(24)17-5-6-18(22-12-17)10-19-7-8-20(25-19)14-23(2)13-16-4-3-9-21-11-16/h3-6,9,11-12,19-20H,7-8,10,13-14H2,1-2H3/t19-,20+/m0/s1. The van der Waals surface area contributed by atoms with Crippen LogP contribution in [0.2, 0.25) is 0 Å². The van der Waals surface area contributed by atoms with Crippen molar-refractivity contribution in [1.29, 1.82) is 0 Å². The van der Waals surface area contributed by atoms with Gasteiger partial charge in [0.1, 0.15) is 0 Å². The van der Waals surface area contributed by atoms with E-state index in [1.807, 2.05) is 24.4 Å². The summed E-state index contributed by atoms with van der Waals surface area (Å²) in [6.45, 7) is 3.36. The number of pyridine rings is 2. The van der Waals surface area contributed by atoms with Gasteiger partial charge in [0, 0.05) is 49.4 Å². The number of ether oxygens (including phenoxy) is 1. The Balaban J connectivity index is 1.46. The fourth-order valence-corrected chi connectivity index (χ4v) is 3.27. The van der Waals surface area contributed by atoms with Crippen LogP contribution in [0.25, 0.3) is 0 Å². The lowest BCUT2D eigenvalue weighted by Crippen LogP contribution is -2.29. The molecule has 1 fully saturated rings. The van der Waals surface area contributed by atoms with Crippen molar-refractivity contribution in [3.8, 4) is 0 Å². The normalized spacial score (nSPS) is 20.1. The molecule has 0 bridgehead atoms. The number of rotatable bonds is 7. The van der Waals surface area contributed by atoms with Crippen LogP contribution in [0.3, 0.4) is 0 Å². The molecule has 0 spiro atoms. The fourth-order valence-electron chi connectivity index (χ4n) is 3.27. The Hall–Kier alpha value is -2.11. The van der Waals surface area contributed by atoms with Crippen LogP contribution in [-0.4, -0.2) is 46.5 Å². The van der Waals surface area contributed by atoms with E-state index in [0.29, 0.717) is 5.56 Å². The van der Waals surface area contributed by atoms with Crippen molar-refractivity contribution >= 4 is 5.78 Å². The number of carbonyl (C=O) groups is 1. The molecule has 0 aromatic carbocycles. The van der Waals surface area contributed by atoms with Gasteiger partial charge in [-0.3, -0.25) is 19.7 Å². The van der Waals surface area contributed by atoms with Gasteiger partial charge in [0.15, 0.2) is 5.78 Å². The third-order valence-corrected chi connectivity index (χ3v) is 4.55. The van der Waals surface area contributed by atoms with E-state index in [4.69, 9.17) is 4.74 Å². The predicted octanol–water partition coefficient (Wildman–Crippen LogP) is 2.90. The molecule has 5 nitrogen and oxygen atoms in total. The average Bonchev–Trinajstić information content (AvgIpc) is 3.03. The number of hydrogen-bond donors (Lipinski definition) is 0. The Labute approximate surface area is 149 Å². The van der Waals surface area contributed by atoms with E-state index >= 15 is 0 Å². The van der Waals surface area contributed by atoms with Crippen molar-refractivity contribution in [2.24, 2.45) is 0 Å². The molecule has 2 atom stereocenters. The molecule has 0 radical (unpaired) electrons. The fraction of sp³-hybridized carbons (Fsp3) is 0.450. The van der Waals surface area contributed by atoms with Crippen molar-refractivity contribution in [3.63, 3.8) is 0 Å². The molecule has 3 heterocycles. The third-order valence-electron chi connectivity index (χ3n) is 4.55. The number of hydrogen-bond acceptors (Lipinski definition) is 5. The van der Waals surface area contributed by atoms with Crippen LogP contribution < -0.4 is 0 Å². The summed E-state index contributed by atoms with van der Waals surface area (Å²) in [6.07, 6.45) is 8.79. The largest absolute Gasteiger partial charge is 0.373 e. The summed E-state index contributed by atoms with van der Waals surface area (Å²) in [4.78, 5) is 22.1. The molecule has 132 valence electrons. The molecule has 1 aliphatic rings. The first kappa shape index (κ1) is 17.7. The van der Waals surface area contributed by atoms with Crippen LogP contribution in [0.4, 0.5) is 0 Å². The van der Waals surface area contributed by atoms with Gasteiger partial charge in [0.2, 0.25) is 0 Å². The van der Waals surface area contributed by atoms with Gasteiger partial charge in [-0.25, -0.2) is 0 Å². The summed E-state index contributed by atoms with van der Waals surface area (Å²) in [5.74, 6) is 0.0490. The predicted molar refractivity (Wildman–Crippen MR) is 96.4 cm³/mol. The molecular weight excluding hydrogens is 314 g/mol. The van der Waals surface area contributed by atoms with E-state index in [1.54, 1.807) is 19.3 Å². The highest BCUT2D eigenvalue weighted by atomic mass is 16.5. The highest BCUT2D eigenvalue weighted by Crippen LogP contribution is 2.23. The number of aromatic nitrogens is 2. The maximum Gasteiger partial charge on any atom is 0.161 e. The van der Waals surface area contributed by atoms with Crippen LogP contribution in [0.5, 0.6) is 0 Å². The van der Waals surface area contributed by atoms with Gasteiger partial charge in [-0.2, -0.15) is 0 Å². The molecule has 25 heavy (non-hydrogen) atoms. The Morgan fingerprint density at radius 2 is 2.08 bits per heavy atom. The van der Waals surface area contributed by atoms with Crippen LogP contribution in [0, 0.1) is 0 Å². The molecular formula is C20H25N3O2. The molecule has 2 aromatic rings. The van der Waals surface area contributed by atoms with Gasteiger partial charge < -0.3 is 4.74 Å². The van der Waals surface area contributed by atoms with Gasteiger partial charge in [-0.05, 0) is 50.6 Å². The van der Waals surface area contributed by atoms with E-state index < -0.39 is 0 Å². The average molecular weight is 339 g/mol. The monoisotopic (exact) mass is 339 g/mol. The first-order chi connectivity index (χ1) is 12.1. The molecule has 5 heteroatoms. The number of Topliss-reactive ketones (excluding diaryl/α,β-unsaturated/α-hetero) is 1. The second-order valence-electron chi connectivity index (χ2n) is 6.81.